The van der Waals surface area contributed by atoms with Crippen LogP contribution in [0.2, 0.25) is 0 Å². The Morgan fingerprint density at radius 1 is 1.20 bits per heavy atom. The van der Waals surface area contributed by atoms with Crippen molar-refractivity contribution >= 4 is 27.7 Å². The van der Waals surface area contributed by atoms with Gasteiger partial charge in [-0.2, -0.15) is 0 Å². The number of amides is 2. The predicted molar refractivity (Wildman–Crippen MR) is 96.1 cm³/mol. The maximum Gasteiger partial charge on any atom is 0.251 e. The summed E-state index contributed by atoms with van der Waals surface area (Å²) in [4.78, 5) is 26.3. The Balaban J connectivity index is 1.42. The van der Waals surface area contributed by atoms with Gasteiger partial charge in [0.25, 0.3) is 5.91 Å². The predicted octanol–water partition coefficient (Wildman–Crippen LogP) is 2.18. The summed E-state index contributed by atoms with van der Waals surface area (Å²) >= 11 is 3.34. The molecule has 2 saturated heterocycles. The molecule has 1 atom stereocenters. The normalized spacial score (nSPS) is 21.3. The van der Waals surface area contributed by atoms with E-state index in [1.165, 1.54) is 0 Å². The number of hydrogen-bond donors (Lipinski definition) is 1. The molecule has 0 aliphatic carbocycles. The van der Waals surface area contributed by atoms with E-state index in [0.717, 1.165) is 23.9 Å². The highest BCUT2D eigenvalue weighted by molar-refractivity contribution is 9.10. The minimum atomic E-state index is -0.173. The highest BCUT2D eigenvalue weighted by atomic mass is 79.9. The number of nitrogens with one attached hydrogen (secondary N) is 1. The van der Waals surface area contributed by atoms with E-state index in [0.29, 0.717) is 38.3 Å². The van der Waals surface area contributed by atoms with Gasteiger partial charge in [0.1, 0.15) is 0 Å². The van der Waals surface area contributed by atoms with Gasteiger partial charge in [-0.15, -0.1) is 0 Å². The first-order chi connectivity index (χ1) is 12.1. The van der Waals surface area contributed by atoms with Crippen LogP contribution in [-0.4, -0.2) is 55.9 Å². The van der Waals surface area contributed by atoms with Crippen molar-refractivity contribution < 1.29 is 19.1 Å². The van der Waals surface area contributed by atoms with Gasteiger partial charge in [-0.05, 0) is 37.1 Å². The maximum atomic E-state index is 12.4. The van der Waals surface area contributed by atoms with Crippen molar-refractivity contribution in [3.8, 4) is 0 Å². The largest absolute Gasteiger partial charge is 0.352 e. The van der Waals surface area contributed by atoms with Crippen molar-refractivity contribution in [3.05, 3.63) is 34.3 Å². The van der Waals surface area contributed by atoms with Crippen LogP contribution in [0.1, 0.15) is 29.6 Å². The van der Waals surface area contributed by atoms with Crippen molar-refractivity contribution in [3.63, 3.8) is 0 Å². The Morgan fingerprint density at radius 3 is 2.64 bits per heavy atom. The summed E-state index contributed by atoms with van der Waals surface area (Å²) in [5.74, 6) is 0.154. The first-order valence-electron chi connectivity index (χ1n) is 8.68. The van der Waals surface area contributed by atoms with Gasteiger partial charge in [0.2, 0.25) is 5.91 Å². The Kier molecular flexibility index (Phi) is 6.45. The van der Waals surface area contributed by atoms with Gasteiger partial charge in [-0.25, -0.2) is 0 Å². The molecular weight excluding hydrogens is 388 g/mol. The summed E-state index contributed by atoms with van der Waals surface area (Å²) in [6.07, 6.45) is 2.12. The van der Waals surface area contributed by atoms with Crippen molar-refractivity contribution in [2.75, 3.05) is 32.8 Å². The van der Waals surface area contributed by atoms with E-state index in [1.54, 1.807) is 12.1 Å². The van der Waals surface area contributed by atoms with E-state index in [2.05, 4.69) is 21.2 Å². The van der Waals surface area contributed by atoms with Gasteiger partial charge >= 0.3 is 0 Å². The molecule has 0 radical (unpaired) electrons. The van der Waals surface area contributed by atoms with Crippen molar-refractivity contribution in [2.24, 2.45) is 5.92 Å². The van der Waals surface area contributed by atoms with Crippen LogP contribution < -0.4 is 5.32 Å². The van der Waals surface area contributed by atoms with Gasteiger partial charge in [0.05, 0.1) is 13.2 Å². The van der Waals surface area contributed by atoms with E-state index in [4.69, 9.17) is 9.47 Å². The smallest absolute Gasteiger partial charge is 0.251 e. The molecule has 7 heteroatoms. The van der Waals surface area contributed by atoms with Crippen LogP contribution in [0.5, 0.6) is 0 Å². The van der Waals surface area contributed by atoms with E-state index in [1.807, 2.05) is 17.0 Å². The average molecular weight is 411 g/mol. The molecule has 2 heterocycles. The number of carbonyl (C=O) groups is 2. The Hall–Kier alpha value is -1.44. The molecule has 2 amide bonds. The van der Waals surface area contributed by atoms with Crippen LogP contribution in [0, 0.1) is 5.92 Å². The lowest BCUT2D eigenvalue weighted by Gasteiger charge is -2.34. The SMILES string of the molecule is O=C(NCCC(=O)N1CCCC(C2OCCO2)C1)c1ccc(Br)cc1. The molecule has 0 spiro atoms. The molecular formula is C18H23BrN2O4. The van der Waals surface area contributed by atoms with Gasteiger partial charge in [0.15, 0.2) is 6.29 Å². The third-order valence-corrected chi connectivity index (χ3v) is 5.10. The lowest BCUT2D eigenvalue weighted by atomic mass is 9.97. The van der Waals surface area contributed by atoms with Crippen LogP contribution in [-0.2, 0) is 14.3 Å². The second-order valence-electron chi connectivity index (χ2n) is 6.36. The quantitative estimate of drug-likeness (QED) is 0.807. The second-order valence-corrected chi connectivity index (χ2v) is 7.28. The first-order valence-corrected chi connectivity index (χ1v) is 9.47. The van der Waals surface area contributed by atoms with Gasteiger partial charge in [0, 0.05) is 42.0 Å². The fourth-order valence-corrected chi connectivity index (χ4v) is 3.52. The number of nitrogens with zero attached hydrogens (tertiary/aromatic N) is 1. The van der Waals surface area contributed by atoms with Crippen LogP contribution in [0.3, 0.4) is 0 Å². The zero-order valence-corrected chi connectivity index (χ0v) is 15.7. The molecule has 3 rings (SSSR count). The van der Waals surface area contributed by atoms with Crippen molar-refractivity contribution in [2.45, 2.75) is 25.6 Å². The Bertz CT molecular complexity index is 602. The lowest BCUT2D eigenvalue weighted by molar-refractivity contribution is -0.139. The number of carbonyl (C=O) groups excluding carboxylic acids is 2. The van der Waals surface area contributed by atoms with Gasteiger partial charge < -0.3 is 19.7 Å². The van der Waals surface area contributed by atoms with Crippen molar-refractivity contribution in [1.82, 2.24) is 10.2 Å². The first kappa shape index (κ1) is 18.4. The second kappa shape index (κ2) is 8.78. The molecule has 1 N–H and O–H groups in total. The lowest BCUT2D eigenvalue weighted by Crippen LogP contribution is -2.44. The maximum absolute atomic E-state index is 12.4. The molecule has 2 fully saturated rings. The summed E-state index contributed by atoms with van der Waals surface area (Å²) < 4.78 is 12.1. The molecule has 2 aliphatic heterocycles. The van der Waals surface area contributed by atoms with Crippen LogP contribution in [0.25, 0.3) is 0 Å². The van der Waals surface area contributed by atoms with E-state index in [-0.39, 0.29) is 24.0 Å². The van der Waals surface area contributed by atoms with Crippen LogP contribution >= 0.6 is 15.9 Å². The third kappa shape index (κ3) is 5.03. The molecule has 2 aliphatic rings. The van der Waals surface area contributed by atoms with E-state index >= 15 is 0 Å². The zero-order valence-electron chi connectivity index (χ0n) is 14.1. The summed E-state index contributed by atoms with van der Waals surface area (Å²) in [5.41, 5.74) is 0.587. The monoisotopic (exact) mass is 410 g/mol. The van der Waals surface area contributed by atoms with Crippen LogP contribution in [0.4, 0.5) is 0 Å². The number of halogens is 1. The Morgan fingerprint density at radius 2 is 1.92 bits per heavy atom. The molecule has 25 heavy (non-hydrogen) atoms. The summed E-state index contributed by atoms with van der Waals surface area (Å²) in [7, 11) is 0. The molecule has 0 saturated carbocycles. The van der Waals surface area contributed by atoms with Gasteiger partial charge in [-0.3, -0.25) is 9.59 Å². The zero-order chi connectivity index (χ0) is 17.6. The van der Waals surface area contributed by atoms with Crippen molar-refractivity contribution in [1.29, 1.82) is 0 Å². The summed E-state index contributed by atoms with van der Waals surface area (Å²) in [6, 6.07) is 7.14. The Labute approximate surface area is 156 Å². The molecule has 0 bridgehead atoms. The number of rotatable bonds is 5. The topological polar surface area (TPSA) is 67.9 Å². The number of hydrogen-bond acceptors (Lipinski definition) is 4. The molecule has 1 aromatic carbocycles. The fourth-order valence-electron chi connectivity index (χ4n) is 3.25. The summed E-state index contributed by atoms with van der Waals surface area (Å²) in [5, 5.41) is 2.80. The average Bonchev–Trinajstić information content (AvgIpc) is 3.17. The van der Waals surface area contributed by atoms with E-state index < -0.39 is 0 Å². The number of benzene rings is 1. The fraction of sp³-hybridized carbons (Fsp3) is 0.556. The minimum Gasteiger partial charge on any atom is -0.352 e. The number of likely N-dealkylation sites (tertiary alicyclic amines) is 1. The highest BCUT2D eigenvalue weighted by Gasteiger charge is 2.32. The number of piperidine rings is 1. The third-order valence-electron chi connectivity index (χ3n) is 4.57. The molecule has 136 valence electrons. The molecule has 6 nitrogen and oxygen atoms in total. The van der Waals surface area contributed by atoms with E-state index in [9.17, 15) is 9.59 Å². The van der Waals surface area contributed by atoms with Crippen LogP contribution in [0.15, 0.2) is 28.7 Å². The molecule has 0 aromatic heterocycles. The number of ether oxygens (including phenoxy) is 2. The molecule has 1 aromatic rings. The summed E-state index contributed by atoms with van der Waals surface area (Å²) in [6.45, 7) is 3.05. The van der Waals surface area contributed by atoms with Gasteiger partial charge in [-0.1, -0.05) is 15.9 Å². The minimum absolute atomic E-state index is 0.0683. The highest BCUT2D eigenvalue weighted by Crippen LogP contribution is 2.25. The standard InChI is InChI=1S/C18H23BrN2O4/c19-15-5-3-13(4-6-15)17(23)20-8-7-16(22)21-9-1-2-14(12-21)18-24-10-11-25-18/h3-6,14,18H,1-2,7-12H2,(H,20,23). The molecule has 1 unspecified atom stereocenters.